The smallest absolute Gasteiger partial charge is 0.184 e. The maximum absolute atomic E-state index is 13.5. The molecule has 0 amide bonds. The third-order valence-electron chi connectivity index (χ3n) is 5.25. The second kappa shape index (κ2) is 9.39. The molecule has 0 aliphatic carbocycles. The Morgan fingerprint density at radius 2 is 1.61 bits per heavy atom. The van der Waals surface area contributed by atoms with E-state index in [0.29, 0.717) is 12.0 Å². The van der Waals surface area contributed by atoms with Crippen LogP contribution in [0, 0.1) is 5.82 Å². The highest BCUT2D eigenvalue weighted by Gasteiger charge is 2.14. The zero-order chi connectivity index (χ0) is 21.6. The van der Waals surface area contributed by atoms with E-state index < -0.39 is 0 Å². The highest BCUT2D eigenvalue weighted by atomic mass is 19.1. The Labute approximate surface area is 180 Å². The SMILES string of the molecule is CC(C/C(=N\CC(=O)c1ccccc1)c1ccc(F)cc1)c1ccc2nccnc2c1. The highest BCUT2D eigenvalue weighted by Crippen LogP contribution is 2.24. The van der Waals surface area contributed by atoms with Crippen LogP contribution in [0.15, 0.2) is 90.2 Å². The fourth-order valence-electron chi connectivity index (χ4n) is 3.49. The first-order valence-corrected chi connectivity index (χ1v) is 10.2. The summed E-state index contributed by atoms with van der Waals surface area (Å²) in [6, 6.07) is 21.4. The molecule has 0 fully saturated rings. The van der Waals surface area contributed by atoms with Crippen molar-refractivity contribution in [2.75, 3.05) is 6.54 Å². The number of fused-ring (bicyclic) bond motifs is 1. The molecule has 0 radical (unpaired) electrons. The number of rotatable bonds is 7. The van der Waals surface area contributed by atoms with Gasteiger partial charge < -0.3 is 0 Å². The summed E-state index contributed by atoms with van der Waals surface area (Å²) in [5.74, 6) is -0.222. The minimum absolute atomic E-state index is 0.0474. The summed E-state index contributed by atoms with van der Waals surface area (Å²) in [5, 5.41) is 0. The van der Waals surface area contributed by atoms with Crippen molar-refractivity contribution in [2.45, 2.75) is 19.3 Å². The molecule has 4 rings (SSSR count). The number of nitrogens with zero attached hydrogens (tertiary/aromatic N) is 3. The van der Waals surface area contributed by atoms with Gasteiger partial charge in [-0.3, -0.25) is 19.8 Å². The van der Waals surface area contributed by atoms with E-state index in [0.717, 1.165) is 27.9 Å². The van der Waals surface area contributed by atoms with Crippen LogP contribution in [0.1, 0.15) is 40.7 Å². The summed E-state index contributed by atoms with van der Waals surface area (Å²) in [7, 11) is 0. The number of benzene rings is 3. The third-order valence-corrected chi connectivity index (χ3v) is 5.25. The summed E-state index contributed by atoms with van der Waals surface area (Å²) < 4.78 is 13.5. The predicted molar refractivity (Wildman–Crippen MR) is 121 cm³/mol. The molecule has 1 unspecified atom stereocenters. The van der Waals surface area contributed by atoms with Crippen molar-refractivity contribution in [2.24, 2.45) is 4.99 Å². The number of ketones is 1. The fraction of sp³-hybridized carbons (Fsp3) is 0.154. The van der Waals surface area contributed by atoms with Crippen molar-refractivity contribution in [3.05, 3.63) is 108 Å². The van der Waals surface area contributed by atoms with Crippen molar-refractivity contribution >= 4 is 22.5 Å². The molecule has 0 saturated heterocycles. The van der Waals surface area contributed by atoms with Crippen LogP contribution in [0.4, 0.5) is 4.39 Å². The molecule has 4 nitrogen and oxygen atoms in total. The number of halogens is 1. The number of carbonyl (C=O) groups excluding carboxylic acids is 1. The molecule has 154 valence electrons. The zero-order valence-electron chi connectivity index (χ0n) is 17.2. The van der Waals surface area contributed by atoms with Gasteiger partial charge in [-0.2, -0.15) is 0 Å². The summed E-state index contributed by atoms with van der Waals surface area (Å²) in [6.07, 6.45) is 3.96. The Balaban J connectivity index is 1.60. The van der Waals surface area contributed by atoms with Gasteiger partial charge in [0.05, 0.1) is 11.0 Å². The van der Waals surface area contributed by atoms with Crippen molar-refractivity contribution in [1.82, 2.24) is 9.97 Å². The van der Waals surface area contributed by atoms with Crippen LogP contribution in [0.25, 0.3) is 11.0 Å². The van der Waals surface area contributed by atoms with Gasteiger partial charge in [-0.1, -0.05) is 55.5 Å². The lowest BCUT2D eigenvalue weighted by Gasteiger charge is -2.15. The lowest BCUT2D eigenvalue weighted by molar-refractivity contribution is 0.100. The Morgan fingerprint density at radius 1 is 0.903 bits per heavy atom. The molecule has 5 heteroatoms. The normalized spacial score (nSPS) is 12.6. The van der Waals surface area contributed by atoms with Gasteiger partial charge in [-0.15, -0.1) is 0 Å². The topological polar surface area (TPSA) is 55.2 Å². The average molecular weight is 411 g/mol. The summed E-state index contributed by atoms with van der Waals surface area (Å²) >= 11 is 0. The number of aliphatic imine (C=N–C) groups is 1. The molecule has 1 heterocycles. The second-order valence-electron chi connectivity index (χ2n) is 7.47. The average Bonchev–Trinajstić information content (AvgIpc) is 2.82. The summed E-state index contributed by atoms with van der Waals surface area (Å²) in [6.45, 7) is 2.15. The zero-order valence-corrected chi connectivity index (χ0v) is 17.2. The largest absolute Gasteiger partial charge is 0.292 e. The van der Waals surface area contributed by atoms with E-state index in [1.54, 1.807) is 36.7 Å². The standard InChI is InChI=1S/C26H22FN3O/c1-18(21-9-12-23-25(16-21)29-14-13-28-23)15-24(19-7-10-22(27)11-8-19)30-17-26(31)20-5-3-2-4-6-20/h2-14,16,18H,15,17H2,1H3/b30-24+. The molecule has 0 spiro atoms. The van der Waals surface area contributed by atoms with Crippen LogP contribution >= 0.6 is 0 Å². The van der Waals surface area contributed by atoms with Crippen LogP contribution < -0.4 is 0 Å². The fourth-order valence-corrected chi connectivity index (χ4v) is 3.49. The number of hydrogen-bond acceptors (Lipinski definition) is 4. The van der Waals surface area contributed by atoms with E-state index in [2.05, 4.69) is 21.9 Å². The van der Waals surface area contributed by atoms with E-state index in [-0.39, 0.29) is 24.1 Å². The molecule has 1 atom stereocenters. The van der Waals surface area contributed by atoms with Gasteiger partial charge in [0.15, 0.2) is 5.78 Å². The van der Waals surface area contributed by atoms with Crippen molar-refractivity contribution < 1.29 is 9.18 Å². The second-order valence-corrected chi connectivity index (χ2v) is 7.47. The lowest BCUT2D eigenvalue weighted by Crippen LogP contribution is -2.11. The maximum atomic E-state index is 13.5. The molecular weight excluding hydrogens is 389 g/mol. The van der Waals surface area contributed by atoms with E-state index in [1.807, 2.05) is 36.4 Å². The van der Waals surface area contributed by atoms with Crippen molar-refractivity contribution in [3.8, 4) is 0 Å². The van der Waals surface area contributed by atoms with Gasteiger partial charge in [0.1, 0.15) is 12.4 Å². The van der Waals surface area contributed by atoms with Crippen LogP contribution in [0.5, 0.6) is 0 Å². The number of aromatic nitrogens is 2. The first-order valence-electron chi connectivity index (χ1n) is 10.2. The monoisotopic (exact) mass is 411 g/mol. The lowest BCUT2D eigenvalue weighted by atomic mass is 9.92. The molecule has 0 aliphatic rings. The van der Waals surface area contributed by atoms with Gasteiger partial charge in [0, 0.05) is 23.7 Å². The molecule has 0 bridgehead atoms. The van der Waals surface area contributed by atoms with Crippen LogP contribution in [-0.4, -0.2) is 28.0 Å². The molecule has 4 aromatic rings. The van der Waals surface area contributed by atoms with Crippen LogP contribution in [0.2, 0.25) is 0 Å². The van der Waals surface area contributed by atoms with Crippen LogP contribution in [-0.2, 0) is 0 Å². The minimum atomic E-state index is -0.301. The maximum Gasteiger partial charge on any atom is 0.184 e. The third kappa shape index (κ3) is 5.07. The van der Waals surface area contributed by atoms with Crippen molar-refractivity contribution in [3.63, 3.8) is 0 Å². The van der Waals surface area contributed by atoms with E-state index in [4.69, 9.17) is 0 Å². The van der Waals surface area contributed by atoms with Gasteiger partial charge in [-0.25, -0.2) is 4.39 Å². The van der Waals surface area contributed by atoms with Gasteiger partial charge in [-0.05, 0) is 47.7 Å². The Hall–Kier alpha value is -3.73. The van der Waals surface area contributed by atoms with Crippen LogP contribution in [0.3, 0.4) is 0 Å². The quantitative estimate of drug-likeness (QED) is 0.292. The van der Waals surface area contributed by atoms with Gasteiger partial charge in [0.25, 0.3) is 0 Å². The Morgan fingerprint density at radius 3 is 2.35 bits per heavy atom. The predicted octanol–water partition coefficient (Wildman–Crippen LogP) is 5.63. The molecule has 31 heavy (non-hydrogen) atoms. The Bertz CT molecular complexity index is 1220. The molecule has 0 N–H and O–H groups in total. The first-order chi connectivity index (χ1) is 15.1. The summed E-state index contributed by atoms with van der Waals surface area (Å²) in [4.78, 5) is 25.9. The van der Waals surface area contributed by atoms with Crippen molar-refractivity contribution in [1.29, 1.82) is 0 Å². The van der Waals surface area contributed by atoms with Gasteiger partial charge in [0.2, 0.25) is 0 Å². The van der Waals surface area contributed by atoms with Gasteiger partial charge >= 0.3 is 0 Å². The summed E-state index contributed by atoms with van der Waals surface area (Å²) in [5.41, 5.74) is 5.01. The van der Waals surface area contributed by atoms with E-state index >= 15 is 0 Å². The minimum Gasteiger partial charge on any atom is -0.292 e. The van der Waals surface area contributed by atoms with E-state index in [1.165, 1.54) is 12.1 Å². The number of hydrogen-bond donors (Lipinski definition) is 0. The molecule has 1 aromatic heterocycles. The first kappa shape index (κ1) is 20.5. The van der Waals surface area contributed by atoms with E-state index in [9.17, 15) is 9.18 Å². The number of Topliss-reactive ketones (excluding diaryl/α,β-unsaturated/α-hetero) is 1. The molecular formula is C26H22FN3O. The Kier molecular flexibility index (Phi) is 6.22. The molecule has 0 saturated carbocycles. The highest BCUT2D eigenvalue weighted by molar-refractivity contribution is 6.04. The number of carbonyl (C=O) groups is 1. The molecule has 3 aromatic carbocycles. The molecule has 0 aliphatic heterocycles.